The largest absolute Gasteiger partial charge is 0.380 e. The highest BCUT2D eigenvalue weighted by atomic mass is 16.5. The Hall–Kier alpha value is -3.64. The van der Waals surface area contributed by atoms with Crippen LogP contribution in [0.2, 0.25) is 0 Å². The summed E-state index contributed by atoms with van der Waals surface area (Å²) in [6.07, 6.45) is 1.89. The Kier molecular flexibility index (Phi) is 6.06. The van der Waals surface area contributed by atoms with Crippen LogP contribution in [-0.4, -0.2) is 22.6 Å². The molecule has 30 heavy (non-hydrogen) atoms. The van der Waals surface area contributed by atoms with E-state index in [1.807, 2.05) is 48.8 Å². The number of para-hydroxylation sites is 3. The molecule has 3 aromatic carbocycles. The predicted octanol–water partition coefficient (Wildman–Crippen LogP) is 4.16. The van der Waals surface area contributed by atoms with Crippen molar-refractivity contribution in [1.82, 2.24) is 9.55 Å². The lowest BCUT2D eigenvalue weighted by atomic mass is 10.1. The number of fused-ring (bicyclic) bond motifs is 1. The van der Waals surface area contributed by atoms with E-state index in [4.69, 9.17) is 10.5 Å². The summed E-state index contributed by atoms with van der Waals surface area (Å²) < 4.78 is 7.38. The Morgan fingerprint density at radius 3 is 2.57 bits per heavy atom. The van der Waals surface area contributed by atoms with E-state index in [2.05, 4.69) is 50.2 Å². The zero-order chi connectivity index (χ0) is 20.8. The number of nitrogens with two attached hydrogens (primary N) is 1. The number of nitrogens with zero attached hydrogens (tertiary/aromatic N) is 3. The molecule has 6 nitrogen and oxygen atoms in total. The Morgan fingerprint density at radius 1 is 1.00 bits per heavy atom. The number of benzene rings is 3. The number of ether oxygens (including phenoxy) is 1. The van der Waals surface area contributed by atoms with E-state index in [-0.39, 0.29) is 0 Å². The fraction of sp³-hybridized carbons (Fsp3) is 0.167. The SMILES string of the molecule is COCc1ccccc1NC(N)=NCc1ccc(Cn2cnc3ccccc32)cc1. The van der Waals surface area contributed by atoms with E-state index in [1.165, 1.54) is 5.56 Å². The van der Waals surface area contributed by atoms with Crippen molar-refractivity contribution in [3.63, 3.8) is 0 Å². The molecule has 0 atom stereocenters. The maximum atomic E-state index is 6.08. The molecule has 0 aliphatic carbocycles. The van der Waals surface area contributed by atoms with Crippen molar-refractivity contribution in [3.8, 4) is 0 Å². The van der Waals surface area contributed by atoms with Gasteiger partial charge in [-0.2, -0.15) is 0 Å². The molecule has 0 spiro atoms. The summed E-state index contributed by atoms with van der Waals surface area (Å²) in [4.78, 5) is 8.91. The van der Waals surface area contributed by atoms with Crippen LogP contribution in [-0.2, 0) is 24.4 Å². The molecule has 0 fully saturated rings. The van der Waals surface area contributed by atoms with E-state index in [0.717, 1.165) is 34.4 Å². The zero-order valence-electron chi connectivity index (χ0n) is 17.0. The molecule has 0 aliphatic rings. The number of imidazole rings is 1. The molecule has 4 aromatic rings. The number of guanidine groups is 1. The first-order valence-electron chi connectivity index (χ1n) is 9.84. The van der Waals surface area contributed by atoms with Crippen LogP contribution in [0.15, 0.2) is 84.1 Å². The molecule has 3 N–H and O–H groups in total. The standard InChI is InChI=1S/C24H25N5O/c1-30-16-20-6-2-3-7-21(20)28-24(25)26-14-18-10-12-19(13-11-18)15-29-17-27-22-8-4-5-9-23(22)29/h2-13,17H,14-16H2,1H3,(H3,25,26,28). The molecule has 0 saturated carbocycles. The summed E-state index contributed by atoms with van der Waals surface area (Å²) in [5.74, 6) is 0.382. The summed E-state index contributed by atoms with van der Waals surface area (Å²) in [5.41, 5.74) is 12.5. The maximum absolute atomic E-state index is 6.08. The Balaban J connectivity index is 1.38. The first-order valence-corrected chi connectivity index (χ1v) is 9.84. The first-order chi connectivity index (χ1) is 14.7. The molecule has 0 radical (unpaired) electrons. The van der Waals surface area contributed by atoms with E-state index in [9.17, 15) is 0 Å². The highest BCUT2D eigenvalue weighted by Crippen LogP contribution is 2.16. The highest BCUT2D eigenvalue weighted by molar-refractivity contribution is 5.92. The van der Waals surface area contributed by atoms with Crippen LogP contribution in [0.5, 0.6) is 0 Å². The number of aliphatic imine (C=N–C) groups is 1. The number of anilines is 1. The van der Waals surface area contributed by atoms with Gasteiger partial charge in [-0.25, -0.2) is 9.98 Å². The second-order valence-corrected chi connectivity index (χ2v) is 7.09. The smallest absolute Gasteiger partial charge is 0.193 e. The van der Waals surface area contributed by atoms with Crippen molar-refractivity contribution in [2.45, 2.75) is 19.7 Å². The molecule has 4 rings (SSSR count). The fourth-order valence-corrected chi connectivity index (χ4v) is 3.36. The highest BCUT2D eigenvalue weighted by Gasteiger charge is 2.04. The third-order valence-corrected chi connectivity index (χ3v) is 4.92. The van der Waals surface area contributed by atoms with Gasteiger partial charge in [0, 0.05) is 24.9 Å². The molecule has 1 aromatic heterocycles. The normalized spacial score (nSPS) is 11.7. The topological polar surface area (TPSA) is 77.5 Å². The van der Waals surface area contributed by atoms with Crippen molar-refractivity contribution in [1.29, 1.82) is 0 Å². The molecule has 1 heterocycles. The van der Waals surface area contributed by atoms with Crippen LogP contribution in [0, 0.1) is 0 Å². The van der Waals surface area contributed by atoms with Crippen LogP contribution in [0.3, 0.4) is 0 Å². The molecular weight excluding hydrogens is 374 g/mol. The number of nitrogens with one attached hydrogen (secondary N) is 1. The number of hydrogen-bond acceptors (Lipinski definition) is 3. The average Bonchev–Trinajstić information content (AvgIpc) is 3.18. The molecule has 0 saturated heterocycles. The summed E-state index contributed by atoms with van der Waals surface area (Å²) >= 11 is 0. The van der Waals surface area contributed by atoms with Gasteiger partial charge in [-0.15, -0.1) is 0 Å². The number of methoxy groups -OCH3 is 1. The van der Waals surface area contributed by atoms with Crippen molar-refractivity contribution in [3.05, 3.63) is 95.8 Å². The number of rotatable bonds is 7. The summed E-state index contributed by atoms with van der Waals surface area (Å²) in [5, 5.41) is 3.16. The quantitative estimate of drug-likeness (QED) is 0.361. The van der Waals surface area contributed by atoms with Crippen LogP contribution < -0.4 is 11.1 Å². The summed E-state index contributed by atoms with van der Waals surface area (Å²) in [7, 11) is 1.67. The summed E-state index contributed by atoms with van der Waals surface area (Å²) in [6.45, 7) is 1.81. The first kappa shape index (κ1) is 19.7. The fourth-order valence-electron chi connectivity index (χ4n) is 3.36. The second-order valence-electron chi connectivity index (χ2n) is 7.09. The second kappa shape index (κ2) is 9.24. The third-order valence-electron chi connectivity index (χ3n) is 4.92. The van der Waals surface area contributed by atoms with Crippen LogP contribution in [0.4, 0.5) is 5.69 Å². The van der Waals surface area contributed by atoms with Gasteiger partial charge in [0.1, 0.15) is 0 Å². The molecule has 0 bridgehead atoms. The Morgan fingerprint density at radius 2 is 1.73 bits per heavy atom. The molecule has 0 aliphatic heterocycles. The summed E-state index contributed by atoms with van der Waals surface area (Å²) in [6, 6.07) is 24.5. The lowest BCUT2D eigenvalue weighted by molar-refractivity contribution is 0.185. The van der Waals surface area contributed by atoms with Gasteiger partial charge in [0.05, 0.1) is 30.5 Å². The average molecular weight is 399 g/mol. The molecular formula is C24H25N5O. The van der Waals surface area contributed by atoms with Gasteiger partial charge < -0.3 is 20.4 Å². The Labute approximate surface area is 176 Å². The Bertz CT molecular complexity index is 1150. The van der Waals surface area contributed by atoms with Crippen LogP contribution >= 0.6 is 0 Å². The van der Waals surface area contributed by atoms with Crippen LogP contribution in [0.1, 0.15) is 16.7 Å². The van der Waals surface area contributed by atoms with Gasteiger partial charge in [-0.3, -0.25) is 0 Å². The van der Waals surface area contributed by atoms with Crippen LogP contribution in [0.25, 0.3) is 11.0 Å². The zero-order valence-corrected chi connectivity index (χ0v) is 17.0. The minimum absolute atomic E-state index is 0.382. The van der Waals surface area contributed by atoms with Gasteiger partial charge in [-0.1, -0.05) is 54.6 Å². The minimum Gasteiger partial charge on any atom is -0.380 e. The van der Waals surface area contributed by atoms with Crippen molar-refractivity contribution >= 4 is 22.7 Å². The van der Waals surface area contributed by atoms with Gasteiger partial charge in [0.2, 0.25) is 0 Å². The third kappa shape index (κ3) is 4.67. The maximum Gasteiger partial charge on any atom is 0.193 e. The van der Waals surface area contributed by atoms with Gasteiger partial charge in [-0.05, 0) is 29.3 Å². The van der Waals surface area contributed by atoms with Crippen molar-refractivity contribution in [2.75, 3.05) is 12.4 Å². The van der Waals surface area contributed by atoms with Gasteiger partial charge >= 0.3 is 0 Å². The van der Waals surface area contributed by atoms with E-state index in [1.54, 1.807) is 7.11 Å². The van der Waals surface area contributed by atoms with Crippen molar-refractivity contribution in [2.24, 2.45) is 10.7 Å². The molecule has 6 heteroatoms. The lowest BCUT2D eigenvalue weighted by Gasteiger charge is -2.11. The van der Waals surface area contributed by atoms with Crippen molar-refractivity contribution < 1.29 is 4.74 Å². The number of aromatic nitrogens is 2. The molecule has 0 amide bonds. The lowest BCUT2D eigenvalue weighted by Crippen LogP contribution is -2.23. The predicted molar refractivity (Wildman–Crippen MR) is 121 cm³/mol. The van der Waals surface area contributed by atoms with E-state index < -0.39 is 0 Å². The molecule has 152 valence electrons. The van der Waals surface area contributed by atoms with E-state index >= 15 is 0 Å². The van der Waals surface area contributed by atoms with Gasteiger partial charge in [0.15, 0.2) is 5.96 Å². The van der Waals surface area contributed by atoms with E-state index in [0.29, 0.717) is 19.1 Å². The minimum atomic E-state index is 0.382. The van der Waals surface area contributed by atoms with Gasteiger partial charge in [0.25, 0.3) is 0 Å². The molecule has 0 unspecified atom stereocenters. The monoisotopic (exact) mass is 399 g/mol. The number of hydrogen-bond donors (Lipinski definition) is 2.